The van der Waals surface area contributed by atoms with Crippen LogP contribution < -0.4 is 5.73 Å². The SMILES string of the molecule is NCCCCC(CN(Cc1c(O)ccc(CO)c1O)CP(=O)(O)O)N(Cc1c(O)ccc(CO)c1O)CP(=O)(O)O. The molecule has 2 rings (SSSR count). The van der Waals surface area contributed by atoms with Crippen molar-refractivity contribution < 1.29 is 59.3 Å². The Hall–Kier alpha value is -2.26. The van der Waals surface area contributed by atoms with Crippen LogP contribution in [0.2, 0.25) is 0 Å². The largest absolute Gasteiger partial charge is 0.507 e. The van der Waals surface area contributed by atoms with Gasteiger partial charge in [0.25, 0.3) is 0 Å². The summed E-state index contributed by atoms with van der Waals surface area (Å²) in [6, 6.07) is 4.11. The van der Waals surface area contributed by atoms with E-state index in [-0.39, 0.29) is 35.2 Å². The first-order chi connectivity index (χ1) is 19.1. The highest BCUT2D eigenvalue weighted by Gasteiger charge is 2.32. The molecule has 0 amide bonds. The lowest BCUT2D eigenvalue weighted by Gasteiger charge is -2.36. The maximum Gasteiger partial charge on any atom is 0.339 e. The van der Waals surface area contributed by atoms with Crippen molar-refractivity contribution in [3.8, 4) is 23.0 Å². The summed E-state index contributed by atoms with van der Waals surface area (Å²) >= 11 is 0. The minimum Gasteiger partial charge on any atom is -0.507 e. The van der Waals surface area contributed by atoms with Crippen molar-refractivity contribution in [2.75, 3.05) is 25.7 Å². The molecule has 232 valence electrons. The Morgan fingerprint density at radius 3 is 1.66 bits per heavy atom. The molecular formula is C24H39N3O12P2. The lowest BCUT2D eigenvalue weighted by Crippen LogP contribution is -2.44. The van der Waals surface area contributed by atoms with E-state index in [2.05, 4.69) is 0 Å². The minimum absolute atomic E-state index is 0.0614. The molecule has 41 heavy (non-hydrogen) atoms. The van der Waals surface area contributed by atoms with Gasteiger partial charge in [0.15, 0.2) is 0 Å². The molecule has 0 heterocycles. The zero-order chi connectivity index (χ0) is 31.0. The molecule has 0 aliphatic heterocycles. The number of aliphatic hydroxyl groups excluding tert-OH is 2. The molecule has 0 aliphatic carbocycles. The Morgan fingerprint density at radius 1 is 0.732 bits per heavy atom. The van der Waals surface area contributed by atoms with Gasteiger partial charge in [0.05, 0.1) is 24.3 Å². The molecule has 1 atom stereocenters. The van der Waals surface area contributed by atoms with E-state index in [1.54, 1.807) is 0 Å². The van der Waals surface area contributed by atoms with Crippen LogP contribution >= 0.6 is 15.2 Å². The first kappa shape index (κ1) is 34.9. The number of aromatic hydroxyl groups is 4. The highest BCUT2D eigenvalue weighted by atomic mass is 31.2. The molecule has 15 nitrogen and oxygen atoms in total. The summed E-state index contributed by atoms with van der Waals surface area (Å²) in [6.45, 7) is -1.93. The van der Waals surface area contributed by atoms with Gasteiger partial charge in [0.1, 0.15) is 35.6 Å². The van der Waals surface area contributed by atoms with E-state index < -0.39 is 83.1 Å². The van der Waals surface area contributed by atoms with E-state index in [4.69, 9.17) is 5.73 Å². The lowest BCUT2D eigenvalue weighted by atomic mass is 10.0. The number of unbranched alkanes of at least 4 members (excludes halogenated alkanes) is 1. The number of phenols is 4. The summed E-state index contributed by atoms with van der Waals surface area (Å²) in [5, 5.41) is 61.0. The molecule has 2 aromatic rings. The molecule has 12 N–H and O–H groups in total. The maximum absolute atomic E-state index is 12.2. The van der Waals surface area contributed by atoms with Crippen molar-refractivity contribution in [2.45, 2.75) is 51.6 Å². The van der Waals surface area contributed by atoms with E-state index in [9.17, 15) is 59.3 Å². The number of nitrogens with zero attached hydrogens (tertiary/aromatic N) is 2. The van der Waals surface area contributed by atoms with Gasteiger partial charge in [-0.05, 0) is 43.7 Å². The van der Waals surface area contributed by atoms with Crippen molar-refractivity contribution >= 4 is 15.2 Å². The number of aliphatic hydroxyl groups is 2. The Kier molecular flexibility index (Phi) is 13.0. The van der Waals surface area contributed by atoms with Gasteiger partial charge >= 0.3 is 15.2 Å². The van der Waals surface area contributed by atoms with E-state index in [1.807, 2.05) is 0 Å². The highest BCUT2D eigenvalue weighted by Crippen LogP contribution is 2.41. The fourth-order valence-corrected chi connectivity index (χ4v) is 6.06. The van der Waals surface area contributed by atoms with Crippen molar-refractivity contribution in [3.63, 3.8) is 0 Å². The van der Waals surface area contributed by atoms with E-state index >= 15 is 0 Å². The first-order valence-corrected chi connectivity index (χ1v) is 16.2. The van der Waals surface area contributed by atoms with E-state index in [1.165, 1.54) is 34.1 Å². The molecule has 0 saturated heterocycles. The van der Waals surface area contributed by atoms with Crippen molar-refractivity contribution in [1.82, 2.24) is 9.80 Å². The fourth-order valence-electron chi connectivity index (χ4n) is 4.52. The van der Waals surface area contributed by atoms with Gasteiger partial charge in [0.2, 0.25) is 0 Å². The van der Waals surface area contributed by atoms with Crippen molar-refractivity contribution in [2.24, 2.45) is 5.73 Å². The van der Waals surface area contributed by atoms with Gasteiger partial charge < -0.3 is 55.9 Å². The average molecular weight is 624 g/mol. The Morgan fingerprint density at radius 2 is 1.22 bits per heavy atom. The summed E-state index contributed by atoms with van der Waals surface area (Å²) in [4.78, 5) is 41.8. The number of rotatable bonds is 17. The predicted molar refractivity (Wildman–Crippen MR) is 148 cm³/mol. The Bertz CT molecular complexity index is 1250. The summed E-state index contributed by atoms with van der Waals surface area (Å²) in [7, 11) is -9.52. The van der Waals surface area contributed by atoms with Crippen LogP contribution in [0.25, 0.3) is 0 Å². The number of benzene rings is 2. The summed E-state index contributed by atoms with van der Waals surface area (Å²) in [5.41, 5.74) is 5.49. The molecule has 17 heteroatoms. The molecule has 0 fully saturated rings. The number of hydrogen-bond donors (Lipinski definition) is 11. The van der Waals surface area contributed by atoms with Crippen LogP contribution in [0, 0.1) is 0 Å². The topological polar surface area (TPSA) is 269 Å². The number of phenolic OH excluding ortho intramolecular Hbond substituents is 2. The lowest BCUT2D eigenvalue weighted by molar-refractivity contribution is 0.131. The second kappa shape index (κ2) is 15.3. The smallest absolute Gasteiger partial charge is 0.339 e. The number of nitrogens with two attached hydrogens (primary N) is 1. The maximum atomic E-state index is 12.2. The molecule has 0 aromatic heterocycles. The summed E-state index contributed by atoms with van der Waals surface area (Å²) in [6.07, 6.45) is -0.556. The monoisotopic (exact) mass is 623 g/mol. The second-order valence-corrected chi connectivity index (χ2v) is 13.0. The molecule has 0 bridgehead atoms. The normalized spacial score (nSPS) is 13.3. The standard InChI is InChI=1S/C24H39N3O12P2/c25-8-2-1-3-18(27(15-41(37,38)39)11-20-22(31)7-5-17(13-29)24(20)33)9-26(14-40(34,35)36)10-19-21(30)6-4-16(12-28)23(19)32/h4-7,18,28-33H,1-3,8-15,25H2,(H2,34,35,36)(H2,37,38,39). The molecule has 0 saturated carbocycles. The third kappa shape index (κ3) is 10.8. The van der Waals surface area contributed by atoms with Crippen LogP contribution in [-0.4, -0.2) is 91.7 Å². The first-order valence-electron chi connectivity index (χ1n) is 12.6. The summed E-state index contributed by atoms with van der Waals surface area (Å²) in [5.74, 6) is -1.77. The van der Waals surface area contributed by atoms with Gasteiger partial charge in [-0.15, -0.1) is 0 Å². The van der Waals surface area contributed by atoms with Crippen LogP contribution in [-0.2, 0) is 35.4 Å². The Balaban J connectivity index is 2.57. The average Bonchev–Trinajstić information content (AvgIpc) is 2.86. The fraction of sp³-hybridized carbons (Fsp3) is 0.500. The third-order valence-electron chi connectivity index (χ3n) is 6.49. The molecule has 0 radical (unpaired) electrons. The number of hydrogen-bond acceptors (Lipinski definition) is 11. The zero-order valence-corrected chi connectivity index (χ0v) is 24.1. The minimum atomic E-state index is -4.77. The van der Waals surface area contributed by atoms with Gasteiger partial charge in [-0.25, -0.2) is 0 Å². The van der Waals surface area contributed by atoms with Crippen molar-refractivity contribution in [1.29, 1.82) is 0 Å². The Labute approximate surface area is 237 Å². The van der Waals surface area contributed by atoms with Crippen molar-refractivity contribution in [3.05, 3.63) is 46.5 Å². The van der Waals surface area contributed by atoms with Crippen LogP contribution in [0.3, 0.4) is 0 Å². The second-order valence-electron chi connectivity index (χ2n) is 9.77. The van der Waals surface area contributed by atoms with Gasteiger partial charge in [0, 0.05) is 36.8 Å². The molecule has 0 spiro atoms. The molecule has 2 aromatic carbocycles. The van der Waals surface area contributed by atoms with Gasteiger partial charge in [-0.2, -0.15) is 0 Å². The third-order valence-corrected chi connectivity index (χ3v) is 7.99. The van der Waals surface area contributed by atoms with Gasteiger partial charge in [-0.1, -0.05) is 6.42 Å². The molecular weight excluding hydrogens is 584 g/mol. The zero-order valence-electron chi connectivity index (χ0n) is 22.3. The van der Waals surface area contributed by atoms with Crippen LogP contribution in [0.15, 0.2) is 24.3 Å². The highest BCUT2D eigenvalue weighted by molar-refractivity contribution is 7.51. The van der Waals surface area contributed by atoms with Crippen LogP contribution in [0.1, 0.15) is 41.5 Å². The van der Waals surface area contributed by atoms with Crippen LogP contribution in [0.4, 0.5) is 0 Å². The van der Waals surface area contributed by atoms with Crippen LogP contribution in [0.5, 0.6) is 23.0 Å². The van der Waals surface area contributed by atoms with E-state index in [0.717, 1.165) is 0 Å². The summed E-state index contributed by atoms with van der Waals surface area (Å²) < 4.78 is 24.2. The quantitative estimate of drug-likeness (QED) is 0.0849. The van der Waals surface area contributed by atoms with E-state index in [0.29, 0.717) is 19.4 Å². The molecule has 1 unspecified atom stereocenters. The predicted octanol–water partition coefficient (Wildman–Crippen LogP) is 0.566. The molecule has 0 aliphatic rings. The van der Waals surface area contributed by atoms with Gasteiger partial charge in [-0.3, -0.25) is 18.9 Å².